The van der Waals surface area contributed by atoms with E-state index in [9.17, 15) is 9.59 Å². The first-order valence-electron chi connectivity index (χ1n) is 10.3. The Morgan fingerprint density at radius 3 is 2.66 bits per heavy atom. The second-order valence-electron chi connectivity index (χ2n) is 7.53. The second-order valence-corrected chi connectivity index (χ2v) is 7.53. The van der Waals surface area contributed by atoms with Gasteiger partial charge in [0.15, 0.2) is 0 Å². The molecular weight excluding hydrogens is 366 g/mol. The molecule has 3 rings (SSSR count). The van der Waals surface area contributed by atoms with Gasteiger partial charge in [0.1, 0.15) is 16.8 Å². The van der Waals surface area contributed by atoms with Crippen molar-refractivity contribution in [2.75, 3.05) is 6.54 Å². The molecule has 29 heavy (non-hydrogen) atoms. The molecule has 3 aromatic heterocycles. The summed E-state index contributed by atoms with van der Waals surface area (Å²) in [6.07, 6.45) is 8.53. The SMILES string of the molecule is CCCCCCCCNC(=O)c1cc2c(=O)n3cccc(C)c3nc2n(C)c1=N. The van der Waals surface area contributed by atoms with Crippen molar-refractivity contribution in [2.24, 2.45) is 7.05 Å². The lowest BCUT2D eigenvalue weighted by atomic mass is 10.1. The smallest absolute Gasteiger partial charge is 0.267 e. The van der Waals surface area contributed by atoms with Crippen LogP contribution in [0.1, 0.15) is 61.4 Å². The number of nitrogens with one attached hydrogen (secondary N) is 2. The Kier molecular flexibility index (Phi) is 6.46. The van der Waals surface area contributed by atoms with E-state index in [0.717, 1.165) is 18.4 Å². The van der Waals surface area contributed by atoms with Crippen LogP contribution in [-0.2, 0) is 7.05 Å². The number of hydrogen-bond donors (Lipinski definition) is 2. The summed E-state index contributed by atoms with van der Waals surface area (Å²) in [6.45, 7) is 4.65. The largest absolute Gasteiger partial charge is 0.352 e. The van der Waals surface area contributed by atoms with Gasteiger partial charge in [-0.1, -0.05) is 45.1 Å². The molecule has 0 radical (unpaired) electrons. The topological polar surface area (TPSA) is 92.2 Å². The molecule has 3 heterocycles. The summed E-state index contributed by atoms with van der Waals surface area (Å²) in [5, 5.41) is 11.6. The van der Waals surface area contributed by atoms with Crippen LogP contribution >= 0.6 is 0 Å². The molecule has 0 aliphatic carbocycles. The van der Waals surface area contributed by atoms with E-state index in [4.69, 9.17) is 5.41 Å². The van der Waals surface area contributed by atoms with E-state index in [0.29, 0.717) is 23.2 Å². The van der Waals surface area contributed by atoms with Gasteiger partial charge >= 0.3 is 0 Å². The van der Waals surface area contributed by atoms with Gasteiger partial charge in [-0.2, -0.15) is 0 Å². The highest BCUT2D eigenvalue weighted by molar-refractivity contribution is 5.96. The molecule has 0 saturated carbocycles. The van der Waals surface area contributed by atoms with Gasteiger partial charge in [-0.25, -0.2) is 4.98 Å². The summed E-state index contributed by atoms with van der Waals surface area (Å²) >= 11 is 0. The quantitative estimate of drug-likeness (QED) is 0.453. The lowest BCUT2D eigenvalue weighted by molar-refractivity contribution is 0.0950. The number of fused-ring (bicyclic) bond motifs is 2. The molecule has 0 fully saturated rings. The molecule has 7 nitrogen and oxygen atoms in total. The first kappa shape index (κ1) is 20.8. The van der Waals surface area contributed by atoms with Gasteiger partial charge in [-0.05, 0) is 31.0 Å². The summed E-state index contributed by atoms with van der Waals surface area (Å²) in [5.41, 5.74) is 1.83. The van der Waals surface area contributed by atoms with Gasteiger partial charge in [0, 0.05) is 19.8 Å². The van der Waals surface area contributed by atoms with E-state index in [1.165, 1.54) is 40.7 Å². The van der Waals surface area contributed by atoms with E-state index in [1.54, 1.807) is 19.3 Å². The number of aryl methyl sites for hydroxylation is 2. The minimum atomic E-state index is -0.324. The van der Waals surface area contributed by atoms with Crippen LogP contribution in [0, 0.1) is 12.3 Å². The molecule has 3 aromatic rings. The molecule has 0 unspecified atom stereocenters. The van der Waals surface area contributed by atoms with Gasteiger partial charge in [-0.15, -0.1) is 0 Å². The monoisotopic (exact) mass is 395 g/mol. The van der Waals surface area contributed by atoms with Crippen LogP contribution in [0.3, 0.4) is 0 Å². The van der Waals surface area contributed by atoms with Crippen molar-refractivity contribution < 1.29 is 4.79 Å². The Labute approximate surface area is 169 Å². The highest BCUT2D eigenvalue weighted by atomic mass is 16.1. The molecule has 7 heteroatoms. The Bertz CT molecular complexity index is 1160. The van der Waals surface area contributed by atoms with E-state index < -0.39 is 0 Å². The molecule has 0 aromatic carbocycles. The maximum absolute atomic E-state index is 13.0. The van der Waals surface area contributed by atoms with Crippen LogP contribution in [0.2, 0.25) is 0 Å². The minimum Gasteiger partial charge on any atom is -0.352 e. The van der Waals surface area contributed by atoms with Gasteiger partial charge in [0.05, 0.1) is 10.9 Å². The zero-order valence-electron chi connectivity index (χ0n) is 17.4. The van der Waals surface area contributed by atoms with Gasteiger partial charge in [0.2, 0.25) is 0 Å². The molecule has 2 N–H and O–H groups in total. The third-order valence-corrected chi connectivity index (χ3v) is 5.32. The summed E-state index contributed by atoms with van der Waals surface area (Å²) in [7, 11) is 1.66. The molecule has 0 bridgehead atoms. The van der Waals surface area contributed by atoms with Crippen molar-refractivity contribution in [3.8, 4) is 0 Å². The number of carbonyl (C=O) groups excluding carboxylic acids is 1. The van der Waals surface area contributed by atoms with Gasteiger partial charge < -0.3 is 9.88 Å². The van der Waals surface area contributed by atoms with Crippen LogP contribution in [0.5, 0.6) is 0 Å². The number of unbranched alkanes of at least 4 members (excludes halogenated alkanes) is 5. The lowest BCUT2D eigenvalue weighted by Crippen LogP contribution is -2.34. The van der Waals surface area contributed by atoms with Crippen LogP contribution < -0.4 is 16.4 Å². The zero-order chi connectivity index (χ0) is 21.0. The predicted molar refractivity (Wildman–Crippen MR) is 114 cm³/mol. The van der Waals surface area contributed by atoms with Crippen molar-refractivity contribution in [1.82, 2.24) is 19.3 Å². The Morgan fingerprint density at radius 1 is 1.17 bits per heavy atom. The molecule has 0 aliphatic rings. The number of aromatic nitrogens is 3. The molecule has 0 aliphatic heterocycles. The van der Waals surface area contributed by atoms with Gasteiger partial charge in [-0.3, -0.25) is 19.4 Å². The van der Waals surface area contributed by atoms with E-state index in [-0.39, 0.29) is 22.5 Å². The maximum Gasteiger partial charge on any atom is 0.267 e. The first-order chi connectivity index (χ1) is 14.0. The van der Waals surface area contributed by atoms with Crippen LogP contribution in [0.15, 0.2) is 29.2 Å². The number of nitrogens with zero attached hydrogens (tertiary/aromatic N) is 3. The third kappa shape index (κ3) is 4.23. The third-order valence-electron chi connectivity index (χ3n) is 5.32. The van der Waals surface area contributed by atoms with Crippen LogP contribution in [-0.4, -0.2) is 26.4 Å². The number of hydrogen-bond acceptors (Lipinski definition) is 4. The fourth-order valence-corrected chi connectivity index (χ4v) is 3.56. The molecule has 0 saturated heterocycles. The fraction of sp³-hybridized carbons (Fsp3) is 0.455. The van der Waals surface area contributed by atoms with Crippen molar-refractivity contribution >= 4 is 22.6 Å². The summed E-state index contributed by atoms with van der Waals surface area (Å²) < 4.78 is 2.99. The highest BCUT2D eigenvalue weighted by Gasteiger charge is 2.16. The lowest BCUT2D eigenvalue weighted by Gasteiger charge is -2.12. The Balaban J connectivity index is 1.88. The molecule has 154 valence electrons. The maximum atomic E-state index is 13.0. The number of pyridine rings is 2. The second kappa shape index (κ2) is 9.03. The average molecular weight is 396 g/mol. The van der Waals surface area contributed by atoms with E-state index in [1.807, 2.05) is 13.0 Å². The molecule has 1 amide bonds. The van der Waals surface area contributed by atoms with Crippen LogP contribution in [0.25, 0.3) is 16.7 Å². The predicted octanol–water partition coefficient (Wildman–Crippen LogP) is 3.06. The Hall–Kier alpha value is -2.96. The van der Waals surface area contributed by atoms with Gasteiger partial charge in [0.25, 0.3) is 11.5 Å². The summed E-state index contributed by atoms with van der Waals surface area (Å²) in [5.74, 6) is -0.324. The van der Waals surface area contributed by atoms with Crippen LogP contribution in [0.4, 0.5) is 0 Å². The number of carbonyl (C=O) groups is 1. The summed E-state index contributed by atoms with van der Waals surface area (Å²) in [4.78, 5) is 30.2. The Morgan fingerprint density at radius 2 is 1.90 bits per heavy atom. The van der Waals surface area contributed by atoms with E-state index >= 15 is 0 Å². The zero-order valence-corrected chi connectivity index (χ0v) is 17.4. The van der Waals surface area contributed by atoms with E-state index in [2.05, 4.69) is 17.2 Å². The van der Waals surface area contributed by atoms with Crippen molar-refractivity contribution in [3.63, 3.8) is 0 Å². The van der Waals surface area contributed by atoms with Crippen molar-refractivity contribution in [3.05, 3.63) is 51.4 Å². The molecular formula is C22H29N5O2. The normalized spacial score (nSPS) is 11.3. The van der Waals surface area contributed by atoms with Crippen molar-refractivity contribution in [1.29, 1.82) is 5.41 Å². The number of rotatable bonds is 8. The highest BCUT2D eigenvalue weighted by Crippen LogP contribution is 2.12. The average Bonchev–Trinajstić information content (AvgIpc) is 2.71. The standard InChI is InChI=1S/C22H29N5O2/c1-4-5-6-7-8-9-12-24-21(28)16-14-17-20(26(3)18(16)23)25-19-15(2)11-10-13-27(19)22(17)29/h10-11,13-14,23H,4-9,12H2,1-3H3,(H,24,28). The molecule has 0 atom stereocenters. The fourth-order valence-electron chi connectivity index (χ4n) is 3.56. The minimum absolute atomic E-state index is 0.0442. The molecule has 0 spiro atoms. The number of amides is 1. The van der Waals surface area contributed by atoms with Crippen molar-refractivity contribution in [2.45, 2.75) is 52.4 Å². The summed E-state index contributed by atoms with van der Waals surface area (Å²) in [6, 6.07) is 5.18. The first-order valence-corrected chi connectivity index (χ1v) is 10.3.